The lowest BCUT2D eigenvalue weighted by atomic mass is 10.1. The van der Waals surface area contributed by atoms with E-state index in [4.69, 9.17) is 0 Å². The predicted molar refractivity (Wildman–Crippen MR) is 108 cm³/mol. The van der Waals surface area contributed by atoms with Gasteiger partial charge in [-0.2, -0.15) is 0 Å². The first-order valence-electron chi connectivity index (χ1n) is 9.67. The van der Waals surface area contributed by atoms with Gasteiger partial charge in [0.25, 0.3) is 5.91 Å². The van der Waals surface area contributed by atoms with Gasteiger partial charge >= 0.3 is 6.03 Å². The molecule has 7 nitrogen and oxygen atoms in total. The lowest BCUT2D eigenvalue weighted by Crippen LogP contribution is -2.42. The minimum Gasteiger partial charge on any atom is -0.350 e. The number of aromatic nitrogens is 1. The Morgan fingerprint density at radius 1 is 1.04 bits per heavy atom. The van der Waals surface area contributed by atoms with Gasteiger partial charge in [0, 0.05) is 45.1 Å². The molecule has 28 heavy (non-hydrogen) atoms. The van der Waals surface area contributed by atoms with Crippen LogP contribution in [0.1, 0.15) is 22.3 Å². The Kier molecular flexibility index (Phi) is 7.37. The molecule has 1 atom stereocenters. The third kappa shape index (κ3) is 6.35. The van der Waals surface area contributed by atoms with Crippen LogP contribution in [0.15, 0.2) is 54.9 Å². The lowest BCUT2D eigenvalue weighted by Gasteiger charge is -2.16. The Hall–Kier alpha value is -2.93. The molecule has 1 aliphatic rings. The van der Waals surface area contributed by atoms with E-state index in [9.17, 15) is 9.59 Å². The van der Waals surface area contributed by atoms with E-state index in [1.165, 1.54) is 11.8 Å². The van der Waals surface area contributed by atoms with E-state index in [1.54, 1.807) is 18.3 Å². The number of carbonyl (C=O) groups excluding carboxylic acids is 2. The maximum Gasteiger partial charge on any atom is 0.314 e. The largest absolute Gasteiger partial charge is 0.350 e. The van der Waals surface area contributed by atoms with E-state index in [-0.39, 0.29) is 11.9 Å². The molecule has 0 saturated carbocycles. The minimum atomic E-state index is -0.197. The number of nitrogens with zero attached hydrogens (tertiary/aromatic N) is 2. The van der Waals surface area contributed by atoms with Crippen LogP contribution in [0.25, 0.3) is 0 Å². The summed E-state index contributed by atoms with van der Waals surface area (Å²) in [4.78, 5) is 30.1. The Labute approximate surface area is 165 Å². The molecule has 0 radical (unpaired) electrons. The van der Waals surface area contributed by atoms with Gasteiger partial charge in [-0.05, 0) is 36.6 Å². The first-order chi connectivity index (χ1) is 13.7. The van der Waals surface area contributed by atoms with Crippen LogP contribution in [0.5, 0.6) is 0 Å². The normalized spacial score (nSPS) is 16.5. The van der Waals surface area contributed by atoms with Gasteiger partial charge in [-0.15, -0.1) is 0 Å². The molecule has 3 amide bonds. The first kappa shape index (κ1) is 19.8. The zero-order valence-electron chi connectivity index (χ0n) is 15.9. The summed E-state index contributed by atoms with van der Waals surface area (Å²) in [5.74, 6) is 0.277. The number of carbonyl (C=O) groups is 2. The fourth-order valence-corrected chi connectivity index (χ4v) is 3.32. The summed E-state index contributed by atoms with van der Waals surface area (Å²) in [6.07, 6.45) is 4.22. The van der Waals surface area contributed by atoms with Gasteiger partial charge in [0.1, 0.15) is 0 Å². The summed E-state index contributed by atoms with van der Waals surface area (Å²) < 4.78 is 0. The molecule has 1 aromatic carbocycles. The van der Waals surface area contributed by atoms with Gasteiger partial charge in [-0.1, -0.05) is 30.3 Å². The summed E-state index contributed by atoms with van der Waals surface area (Å²) in [7, 11) is 0. The van der Waals surface area contributed by atoms with E-state index in [1.807, 2.05) is 6.07 Å². The molecule has 3 rings (SSSR count). The second kappa shape index (κ2) is 10.4. The molecule has 2 aromatic rings. The number of hydrogen-bond acceptors (Lipinski definition) is 4. The Bertz CT molecular complexity index is 754. The fourth-order valence-electron chi connectivity index (χ4n) is 3.32. The highest BCUT2D eigenvalue weighted by atomic mass is 16.2. The lowest BCUT2D eigenvalue weighted by molar-refractivity contribution is 0.0953. The summed E-state index contributed by atoms with van der Waals surface area (Å²) in [5.41, 5.74) is 1.83. The molecule has 148 valence electrons. The van der Waals surface area contributed by atoms with Crippen molar-refractivity contribution < 1.29 is 9.59 Å². The van der Waals surface area contributed by atoms with Crippen LogP contribution in [-0.4, -0.2) is 54.5 Å². The quantitative estimate of drug-likeness (QED) is 0.607. The third-order valence-corrected chi connectivity index (χ3v) is 4.79. The van der Waals surface area contributed by atoms with Crippen LogP contribution in [0.3, 0.4) is 0 Å². The number of benzene rings is 1. The molecular formula is C21H27N5O2. The van der Waals surface area contributed by atoms with E-state index < -0.39 is 0 Å². The van der Waals surface area contributed by atoms with Crippen molar-refractivity contribution in [3.8, 4) is 0 Å². The number of likely N-dealkylation sites (tertiary alicyclic amines) is 1. The van der Waals surface area contributed by atoms with Crippen molar-refractivity contribution in [2.75, 3.05) is 32.7 Å². The second-order valence-electron chi connectivity index (χ2n) is 7.01. The van der Waals surface area contributed by atoms with Gasteiger partial charge in [-0.3, -0.25) is 14.7 Å². The maximum absolute atomic E-state index is 11.9. The third-order valence-electron chi connectivity index (χ3n) is 4.79. The van der Waals surface area contributed by atoms with Crippen molar-refractivity contribution in [1.29, 1.82) is 0 Å². The molecule has 0 spiro atoms. The van der Waals surface area contributed by atoms with Crippen molar-refractivity contribution in [3.05, 3.63) is 66.0 Å². The van der Waals surface area contributed by atoms with Crippen LogP contribution < -0.4 is 16.0 Å². The molecule has 1 fully saturated rings. The first-order valence-corrected chi connectivity index (χ1v) is 9.67. The number of rotatable bonds is 8. The van der Waals surface area contributed by atoms with Crippen molar-refractivity contribution in [2.24, 2.45) is 5.92 Å². The molecule has 1 aromatic heterocycles. The summed E-state index contributed by atoms with van der Waals surface area (Å²) in [6.45, 7) is 4.43. The number of pyridine rings is 1. The number of hydrogen-bond donors (Lipinski definition) is 3. The molecule has 1 unspecified atom stereocenters. The topological polar surface area (TPSA) is 86.4 Å². The van der Waals surface area contributed by atoms with Crippen LogP contribution in [0.4, 0.5) is 4.79 Å². The van der Waals surface area contributed by atoms with Gasteiger partial charge in [0.05, 0.1) is 5.56 Å². The van der Waals surface area contributed by atoms with Crippen molar-refractivity contribution in [1.82, 2.24) is 25.8 Å². The monoisotopic (exact) mass is 381 g/mol. The van der Waals surface area contributed by atoms with E-state index in [0.29, 0.717) is 31.1 Å². The molecule has 1 aliphatic heterocycles. The Balaban J connectivity index is 1.26. The highest BCUT2D eigenvalue weighted by Crippen LogP contribution is 2.17. The van der Waals surface area contributed by atoms with Crippen molar-refractivity contribution in [3.63, 3.8) is 0 Å². The molecule has 3 N–H and O–H groups in total. The van der Waals surface area contributed by atoms with Crippen molar-refractivity contribution >= 4 is 11.9 Å². The number of urea groups is 1. The van der Waals surface area contributed by atoms with Gasteiger partial charge in [0.2, 0.25) is 0 Å². The molecular weight excluding hydrogens is 354 g/mol. The molecule has 2 heterocycles. The van der Waals surface area contributed by atoms with Crippen LogP contribution in [-0.2, 0) is 6.54 Å². The summed E-state index contributed by atoms with van der Waals surface area (Å²) >= 11 is 0. The average molecular weight is 381 g/mol. The SMILES string of the molecule is O=C(NCCNC(=O)c1cccnc1)NCC1CCN(Cc2ccccc2)C1. The second-order valence-corrected chi connectivity index (χ2v) is 7.01. The number of amides is 3. The smallest absolute Gasteiger partial charge is 0.314 e. The Morgan fingerprint density at radius 3 is 2.64 bits per heavy atom. The standard InChI is InChI=1S/C21H27N5O2/c27-20(19-7-4-9-22-14-19)23-10-11-24-21(28)25-13-18-8-12-26(16-18)15-17-5-2-1-3-6-17/h1-7,9,14,18H,8,10-13,15-16H2,(H,23,27)(H2,24,25,28). The van der Waals surface area contributed by atoms with E-state index in [2.05, 4.69) is 50.1 Å². The molecule has 7 heteroatoms. The molecule has 0 aliphatic carbocycles. The van der Waals surface area contributed by atoms with E-state index in [0.717, 1.165) is 26.1 Å². The van der Waals surface area contributed by atoms with Crippen LogP contribution in [0, 0.1) is 5.92 Å². The number of nitrogens with one attached hydrogen (secondary N) is 3. The highest BCUT2D eigenvalue weighted by Gasteiger charge is 2.22. The van der Waals surface area contributed by atoms with E-state index >= 15 is 0 Å². The maximum atomic E-state index is 11.9. The van der Waals surface area contributed by atoms with Gasteiger partial charge < -0.3 is 16.0 Å². The minimum absolute atomic E-state index is 0.195. The zero-order chi connectivity index (χ0) is 19.6. The van der Waals surface area contributed by atoms with Gasteiger partial charge in [0.15, 0.2) is 0 Å². The fraction of sp³-hybridized carbons (Fsp3) is 0.381. The summed E-state index contributed by atoms with van der Waals surface area (Å²) in [6, 6.07) is 13.7. The van der Waals surface area contributed by atoms with Crippen molar-refractivity contribution in [2.45, 2.75) is 13.0 Å². The summed E-state index contributed by atoms with van der Waals surface area (Å²) in [5, 5.41) is 8.45. The average Bonchev–Trinajstić information content (AvgIpc) is 3.18. The van der Waals surface area contributed by atoms with Gasteiger partial charge in [-0.25, -0.2) is 4.79 Å². The van der Waals surface area contributed by atoms with Crippen LogP contribution >= 0.6 is 0 Å². The Morgan fingerprint density at radius 2 is 1.86 bits per heavy atom. The van der Waals surface area contributed by atoms with Crippen LogP contribution in [0.2, 0.25) is 0 Å². The zero-order valence-corrected chi connectivity index (χ0v) is 15.9. The molecule has 1 saturated heterocycles. The molecule has 0 bridgehead atoms. The highest BCUT2D eigenvalue weighted by molar-refractivity contribution is 5.93. The predicted octanol–water partition coefficient (Wildman–Crippen LogP) is 1.63.